The third-order valence-electron chi connectivity index (χ3n) is 5.72. The molecule has 1 aliphatic heterocycles. The molecule has 1 unspecified atom stereocenters. The molecule has 4 rings (SSSR count). The Hall–Kier alpha value is -2.02. The Morgan fingerprint density at radius 1 is 1.29 bits per heavy atom. The summed E-state index contributed by atoms with van der Waals surface area (Å²) >= 11 is 0. The molecule has 6 nitrogen and oxygen atoms in total. The number of carbonyl (C=O) groups excluding carboxylic acids is 2. The first-order chi connectivity index (χ1) is 13.1. The lowest BCUT2D eigenvalue weighted by Crippen LogP contribution is -2.49. The highest BCUT2D eigenvalue weighted by Gasteiger charge is 2.39. The summed E-state index contributed by atoms with van der Waals surface area (Å²) in [5, 5.41) is 0.911. The molecule has 0 bridgehead atoms. The van der Waals surface area contributed by atoms with Crippen molar-refractivity contribution in [2.24, 2.45) is 5.41 Å². The minimum atomic E-state index is -0.685. The van der Waals surface area contributed by atoms with E-state index in [1.165, 1.54) is 0 Å². The van der Waals surface area contributed by atoms with Crippen molar-refractivity contribution in [2.45, 2.75) is 45.9 Å². The Balaban J connectivity index is 1.71. The van der Waals surface area contributed by atoms with E-state index in [1.54, 1.807) is 4.57 Å². The molecule has 1 fully saturated rings. The first kappa shape index (κ1) is 19.3. The second kappa shape index (κ2) is 6.51. The van der Waals surface area contributed by atoms with Gasteiger partial charge in [0.1, 0.15) is 0 Å². The van der Waals surface area contributed by atoms with Gasteiger partial charge in [-0.15, -0.1) is 0 Å². The van der Waals surface area contributed by atoms with E-state index in [0.717, 1.165) is 16.5 Å². The summed E-state index contributed by atoms with van der Waals surface area (Å²) in [5.74, 6) is -0.571. The van der Waals surface area contributed by atoms with E-state index in [1.807, 2.05) is 64.0 Å². The van der Waals surface area contributed by atoms with Gasteiger partial charge in [-0.1, -0.05) is 32.9 Å². The zero-order valence-electron chi connectivity index (χ0n) is 17.2. The monoisotopic (exact) mass is 384 g/mol. The van der Waals surface area contributed by atoms with E-state index in [2.05, 4.69) is 0 Å². The maximum Gasteiger partial charge on any atom is 0.236 e. The Bertz CT molecular complexity index is 947. The maximum atomic E-state index is 13.3. The first-order valence-corrected chi connectivity index (χ1v) is 9.81. The Kier molecular flexibility index (Phi) is 4.49. The fraction of sp³-hybridized carbons (Fsp3) is 0.545. The average Bonchev–Trinajstić information content (AvgIpc) is 3.21. The molecule has 1 aromatic heterocycles. The molecule has 28 heavy (non-hydrogen) atoms. The van der Waals surface area contributed by atoms with Gasteiger partial charge in [-0.25, -0.2) is 0 Å². The zero-order chi connectivity index (χ0) is 20.3. The molecule has 0 amide bonds. The van der Waals surface area contributed by atoms with Crippen molar-refractivity contribution in [3.8, 4) is 0 Å². The maximum absolute atomic E-state index is 13.3. The fourth-order valence-corrected chi connectivity index (χ4v) is 4.31. The first-order valence-electron chi connectivity index (χ1n) is 9.81. The van der Waals surface area contributed by atoms with E-state index in [-0.39, 0.29) is 17.7 Å². The standard InChI is InChI=1S/C22H28N2O4/c1-21(2,3)20(26)24-12-14-11-17(23(5)13-22(4)27-9-10-28-22)19(25)15-7-6-8-16(24)18(14)15/h6-8,12,17H,9-11,13H2,1-5H3. The molecule has 0 spiro atoms. The van der Waals surface area contributed by atoms with Gasteiger partial charge in [0.2, 0.25) is 5.91 Å². The van der Waals surface area contributed by atoms with Gasteiger partial charge in [0.25, 0.3) is 0 Å². The summed E-state index contributed by atoms with van der Waals surface area (Å²) in [7, 11) is 1.93. The predicted octanol–water partition coefficient (Wildman–Crippen LogP) is 3.13. The largest absolute Gasteiger partial charge is 0.347 e. The van der Waals surface area contributed by atoms with Crippen molar-refractivity contribution in [2.75, 3.05) is 26.8 Å². The van der Waals surface area contributed by atoms with E-state index in [4.69, 9.17) is 9.47 Å². The number of rotatable bonds is 3. The quantitative estimate of drug-likeness (QED) is 0.814. The Labute approximate surface area is 165 Å². The lowest BCUT2D eigenvalue weighted by Gasteiger charge is -2.34. The lowest BCUT2D eigenvalue weighted by atomic mass is 9.87. The lowest BCUT2D eigenvalue weighted by molar-refractivity contribution is -0.155. The minimum Gasteiger partial charge on any atom is -0.347 e. The van der Waals surface area contributed by atoms with Crippen LogP contribution in [0.1, 0.15) is 48.4 Å². The van der Waals surface area contributed by atoms with Crippen molar-refractivity contribution in [3.63, 3.8) is 0 Å². The molecule has 1 aromatic carbocycles. The molecule has 0 N–H and O–H groups in total. The van der Waals surface area contributed by atoms with Crippen LogP contribution in [0.5, 0.6) is 0 Å². The highest BCUT2D eigenvalue weighted by Crippen LogP contribution is 2.35. The fourth-order valence-electron chi connectivity index (χ4n) is 4.31. The highest BCUT2D eigenvalue weighted by molar-refractivity contribution is 6.14. The molecule has 1 atom stereocenters. The third-order valence-corrected chi connectivity index (χ3v) is 5.72. The number of aromatic nitrogens is 1. The van der Waals surface area contributed by atoms with E-state index >= 15 is 0 Å². The van der Waals surface area contributed by atoms with Gasteiger partial charge in [-0.05, 0) is 32.0 Å². The van der Waals surface area contributed by atoms with Crippen LogP contribution in [0, 0.1) is 5.41 Å². The number of nitrogens with zero attached hydrogens (tertiary/aromatic N) is 2. The van der Waals surface area contributed by atoms with Crippen molar-refractivity contribution < 1.29 is 19.1 Å². The molecule has 0 saturated carbocycles. The number of hydrogen-bond acceptors (Lipinski definition) is 5. The minimum absolute atomic E-state index is 0.0282. The SMILES string of the molecule is CN(CC1(C)OCCO1)C1Cc2cn(C(=O)C(C)(C)C)c3cccc(c23)C1=O. The predicted molar refractivity (Wildman–Crippen MR) is 107 cm³/mol. The van der Waals surface area contributed by atoms with Crippen molar-refractivity contribution in [1.29, 1.82) is 0 Å². The molecule has 2 heterocycles. The molecule has 2 aromatic rings. The second-order valence-corrected chi connectivity index (χ2v) is 9.11. The van der Waals surface area contributed by atoms with Gasteiger partial charge in [0.15, 0.2) is 11.6 Å². The summed E-state index contributed by atoms with van der Waals surface area (Å²) in [5.41, 5.74) is 2.04. The number of ketones is 1. The Morgan fingerprint density at radius 2 is 1.96 bits per heavy atom. The van der Waals surface area contributed by atoms with Gasteiger partial charge in [-0.3, -0.25) is 19.1 Å². The summed E-state index contributed by atoms with van der Waals surface area (Å²) in [6.45, 7) is 9.30. The molecular formula is C22H28N2O4. The Morgan fingerprint density at radius 3 is 2.61 bits per heavy atom. The number of likely N-dealkylation sites (N-methyl/N-ethyl adjacent to an activating group) is 1. The van der Waals surface area contributed by atoms with Crippen molar-refractivity contribution in [1.82, 2.24) is 9.47 Å². The second-order valence-electron chi connectivity index (χ2n) is 9.11. The zero-order valence-corrected chi connectivity index (χ0v) is 17.2. The van der Waals surface area contributed by atoms with E-state index < -0.39 is 11.2 Å². The number of Topliss-reactive ketones (excluding diaryl/α,β-unsaturated/α-hetero) is 1. The van der Waals surface area contributed by atoms with Crippen LogP contribution in [0.4, 0.5) is 0 Å². The number of benzene rings is 1. The van der Waals surface area contributed by atoms with Gasteiger partial charge >= 0.3 is 0 Å². The molecule has 150 valence electrons. The summed E-state index contributed by atoms with van der Waals surface area (Å²) in [6.07, 6.45) is 2.49. The topological polar surface area (TPSA) is 60.8 Å². The van der Waals surface area contributed by atoms with Gasteiger partial charge in [-0.2, -0.15) is 0 Å². The molecule has 6 heteroatoms. The molecule has 1 aliphatic carbocycles. The third kappa shape index (κ3) is 3.09. The molecular weight excluding hydrogens is 356 g/mol. The van der Waals surface area contributed by atoms with E-state index in [9.17, 15) is 9.59 Å². The van der Waals surface area contributed by atoms with Crippen LogP contribution in [0.15, 0.2) is 24.4 Å². The van der Waals surface area contributed by atoms with Crippen LogP contribution in [0.3, 0.4) is 0 Å². The summed E-state index contributed by atoms with van der Waals surface area (Å²) < 4.78 is 13.1. The smallest absolute Gasteiger partial charge is 0.236 e. The number of hydrogen-bond donors (Lipinski definition) is 0. The van der Waals surface area contributed by atoms with Gasteiger partial charge in [0.05, 0.1) is 31.3 Å². The average molecular weight is 384 g/mol. The van der Waals surface area contributed by atoms with Crippen LogP contribution in [0.25, 0.3) is 10.9 Å². The van der Waals surface area contributed by atoms with Gasteiger partial charge < -0.3 is 9.47 Å². The van der Waals surface area contributed by atoms with Crippen molar-refractivity contribution in [3.05, 3.63) is 35.5 Å². The van der Waals surface area contributed by atoms with E-state index in [0.29, 0.717) is 31.7 Å². The van der Waals surface area contributed by atoms with Crippen LogP contribution >= 0.6 is 0 Å². The molecule has 0 radical (unpaired) electrons. The summed E-state index contributed by atoms with van der Waals surface area (Å²) in [4.78, 5) is 28.2. The molecule has 2 aliphatic rings. The highest BCUT2D eigenvalue weighted by atomic mass is 16.7. The number of carbonyl (C=O) groups is 2. The van der Waals surface area contributed by atoms with Crippen LogP contribution < -0.4 is 0 Å². The van der Waals surface area contributed by atoms with Gasteiger partial charge in [0, 0.05) is 22.6 Å². The van der Waals surface area contributed by atoms with Crippen LogP contribution in [0.2, 0.25) is 0 Å². The van der Waals surface area contributed by atoms with Crippen LogP contribution in [-0.2, 0) is 15.9 Å². The van der Waals surface area contributed by atoms with Crippen LogP contribution in [-0.4, -0.2) is 59.8 Å². The normalized spacial score (nSPS) is 21.6. The summed E-state index contributed by atoms with van der Waals surface area (Å²) in [6, 6.07) is 5.34. The number of ether oxygens (including phenoxy) is 2. The molecule has 1 saturated heterocycles. The van der Waals surface area contributed by atoms with Crippen molar-refractivity contribution >= 4 is 22.6 Å².